The Morgan fingerprint density at radius 3 is 2.85 bits per heavy atom. The van der Waals surface area contributed by atoms with E-state index in [2.05, 4.69) is 20.5 Å². The lowest BCUT2D eigenvalue weighted by molar-refractivity contribution is -0.113. The molecule has 1 aromatic heterocycles. The summed E-state index contributed by atoms with van der Waals surface area (Å²) in [6, 6.07) is 14.8. The van der Waals surface area contributed by atoms with Crippen molar-refractivity contribution < 1.29 is 9.53 Å². The number of halogens is 1. The van der Waals surface area contributed by atoms with Crippen LogP contribution in [0.4, 0.5) is 5.69 Å². The Balaban J connectivity index is 1.45. The molecule has 2 N–H and O–H groups in total. The second-order valence-corrected chi connectivity index (χ2v) is 6.89. The van der Waals surface area contributed by atoms with Crippen LogP contribution in [0.2, 0.25) is 5.02 Å². The Bertz CT molecular complexity index is 883. The van der Waals surface area contributed by atoms with Crippen molar-refractivity contribution in [1.82, 2.24) is 15.2 Å². The predicted molar refractivity (Wildman–Crippen MR) is 103 cm³/mol. The highest BCUT2D eigenvalue weighted by Crippen LogP contribution is 2.17. The number of nitrogens with one attached hydrogen (secondary N) is 2. The number of hydrogen-bond donors (Lipinski definition) is 2. The van der Waals surface area contributed by atoms with Crippen LogP contribution in [-0.2, 0) is 11.4 Å². The minimum absolute atomic E-state index is 0.153. The lowest BCUT2D eigenvalue weighted by Gasteiger charge is -2.04. The third-order valence-corrected chi connectivity index (χ3v) is 4.43. The van der Waals surface area contributed by atoms with Crippen molar-refractivity contribution >= 4 is 35.0 Å². The first-order valence-corrected chi connectivity index (χ1v) is 9.24. The zero-order chi connectivity index (χ0) is 18.4. The highest BCUT2D eigenvalue weighted by molar-refractivity contribution is 7.99. The van der Waals surface area contributed by atoms with Gasteiger partial charge in [0.1, 0.15) is 12.4 Å². The number of anilines is 1. The van der Waals surface area contributed by atoms with Crippen LogP contribution < -0.4 is 10.1 Å². The monoisotopic (exact) mass is 388 g/mol. The molecule has 0 atom stereocenters. The first kappa shape index (κ1) is 18.3. The minimum Gasteiger partial charge on any atom is -0.486 e. The van der Waals surface area contributed by atoms with Gasteiger partial charge in [-0.1, -0.05) is 47.1 Å². The van der Waals surface area contributed by atoms with Crippen molar-refractivity contribution in [2.24, 2.45) is 0 Å². The smallest absolute Gasteiger partial charge is 0.234 e. The third kappa shape index (κ3) is 5.50. The largest absolute Gasteiger partial charge is 0.486 e. The number of aryl methyl sites for hydroxylation is 1. The van der Waals surface area contributed by atoms with E-state index in [1.807, 2.05) is 31.2 Å². The Labute approximate surface area is 160 Å². The van der Waals surface area contributed by atoms with Crippen molar-refractivity contribution in [1.29, 1.82) is 0 Å². The molecule has 0 aliphatic rings. The van der Waals surface area contributed by atoms with Crippen molar-refractivity contribution in [2.75, 3.05) is 11.1 Å². The SMILES string of the molecule is Cc1ccc(OCc2nc(SCC(=O)Nc3cccc(Cl)c3)n[nH]2)cc1. The molecule has 0 saturated heterocycles. The topological polar surface area (TPSA) is 79.9 Å². The molecule has 8 heteroatoms. The molecule has 0 spiro atoms. The van der Waals surface area contributed by atoms with E-state index in [9.17, 15) is 4.79 Å². The fraction of sp³-hybridized carbons (Fsp3) is 0.167. The molecule has 0 bridgehead atoms. The predicted octanol–water partition coefficient (Wildman–Crippen LogP) is 4.08. The summed E-state index contributed by atoms with van der Waals surface area (Å²) >= 11 is 7.14. The van der Waals surface area contributed by atoms with E-state index in [4.69, 9.17) is 16.3 Å². The summed E-state index contributed by atoms with van der Waals surface area (Å²) in [5.74, 6) is 1.41. The summed E-state index contributed by atoms with van der Waals surface area (Å²) in [6.07, 6.45) is 0. The van der Waals surface area contributed by atoms with Gasteiger partial charge in [-0.15, -0.1) is 5.10 Å². The van der Waals surface area contributed by atoms with Crippen LogP contribution >= 0.6 is 23.4 Å². The van der Waals surface area contributed by atoms with E-state index in [1.165, 1.54) is 17.3 Å². The maximum absolute atomic E-state index is 12.0. The first-order chi connectivity index (χ1) is 12.6. The molecule has 0 aliphatic heterocycles. The fourth-order valence-electron chi connectivity index (χ4n) is 2.09. The number of hydrogen-bond acceptors (Lipinski definition) is 5. The summed E-state index contributed by atoms with van der Waals surface area (Å²) in [5.41, 5.74) is 1.83. The van der Waals surface area contributed by atoms with Gasteiger partial charge in [-0.2, -0.15) is 0 Å². The summed E-state index contributed by atoms with van der Waals surface area (Å²) in [6.45, 7) is 2.30. The number of carbonyl (C=O) groups is 1. The number of ether oxygens (including phenoxy) is 1. The van der Waals surface area contributed by atoms with Crippen LogP contribution in [-0.4, -0.2) is 26.8 Å². The van der Waals surface area contributed by atoms with Gasteiger partial charge in [0.05, 0.1) is 5.75 Å². The Kier molecular flexibility index (Phi) is 6.14. The van der Waals surface area contributed by atoms with Crippen molar-refractivity contribution in [3.63, 3.8) is 0 Å². The quantitative estimate of drug-likeness (QED) is 0.596. The van der Waals surface area contributed by atoms with Crippen molar-refractivity contribution in [3.05, 3.63) is 64.9 Å². The second kappa shape index (κ2) is 8.73. The highest BCUT2D eigenvalue weighted by atomic mass is 35.5. The molecule has 0 saturated carbocycles. The van der Waals surface area contributed by atoms with E-state index in [-0.39, 0.29) is 18.3 Å². The van der Waals surface area contributed by atoms with Crippen molar-refractivity contribution in [2.45, 2.75) is 18.7 Å². The number of rotatable bonds is 7. The molecule has 0 radical (unpaired) electrons. The number of nitrogens with zero attached hydrogens (tertiary/aromatic N) is 2. The zero-order valence-corrected chi connectivity index (χ0v) is 15.6. The maximum atomic E-state index is 12.0. The standard InChI is InChI=1S/C18H17ClN4O2S/c1-12-5-7-15(8-6-12)25-10-16-21-18(23-22-16)26-11-17(24)20-14-4-2-3-13(19)9-14/h2-9H,10-11H2,1H3,(H,20,24)(H,21,22,23). The van der Waals surface area contributed by atoms with Crippen LogP contribution in [0.15, 0.2) is 53.7 Å². The molecule has 0 fully saturated rings. The maximum Gasteiger partial charge on any atom is 0.234 e. The second-order valence-electron chi connectivity index (χ2n) is 5.51. The van der Waals surface area contributed by atoms with E-state index >= 15 is 0 Å². The number of aromatic nitrogens is 3. The number of aromatic amines is 1. The Morgan fingerprint density at radius 2 is 2.08 bits per heavy atom. The van der Waals surface area contributed by atoms with Gasteiger partial charge in [-0.05, 0) is 37.3 Å². The zero-order valence-electron chi connectivity index (χ0n) is 14.0. The molecule has 1 amide bonds. The normalized spacial score (nSPS) is 10.5. The lowest BCUT2D eigenvalue weighted by atomic mass is 10.2. The summed E-state index contributed by atoms with van der Waals surface area (Å²) < 4.78 is 5.64. The summed E-state index contributed by atoms with van der Waals surface area (Å²) in [5, 5.41) is 10.7. The van der Waals surface area contributed by atoms with Gasteiger partial charge < -0.3 is 10.1 Å². The van der Waals surface area contributed by atoms with E-state index in [1.54, 1.807) is 24.3 Å². The van der Waals surface area contributed by atoms with Crippen LogP contribution in [0.25, 0.3) is 0 Å². The average Bonchev–Trinajstić information content (AvgIpc) is 3.07. The molecular formula is C18H17ClN4O2S. The van der Waals surface area contributed by atoms with Gasteiger partial charge in [0, 0.05) is 10.7 Å². The Morgan fingerprint density at radius 1 is 1.27 bits per heavy atom. The first-order valence-electron chi connectivity index (χ1n) is 7.87. The molecule has 0 unspecified atom stereocenters. The number of amides is 1. The molecule has 1 heterocycles. The summed E-state index contributed by atoms with van der Waals surface area (Å²) in [7, 11) is 0. The van der Waals surface area contributed by atoms with E-state index in [0.29, 0.717) is 21.7 Å². The molecule has 26 heavy (non-hydrogen) atoms. The number of carbonyl (C=O) groups excluding carboxylic acids is 1. The molecular weight excluding hydrogens is 372 g/mol. The summed E-state index contributed by atoms with van der Waals surface area (Å²) in [4.78, 5) is 16.3. The molecule has 134 valence electrons. The molecule has 0 aliphatic carbocycles. The molecule has 3 rings (SSSR count). The highest BCUT2D eigenvalue weighted by Gasteiger charge is 2.09. The van der Waals surface area contributed by atoms with Gasteiger partial charge in [0.25, 0.3) is 0 Å². The van der Waals surface area contributed by atoms with Gasteiger partial charge >= 0.3 is 0 Å². The molecule has 2 aromatic carbocycles. The third-order valence-electron chi connectivity index (χ3n) is 3.35. The van der Waals surface area contributed by atoms with Crippen LogP contribution in [0, 0.1) is 6.92 Å². The van der Waals surface area contributed by atoms with Crippen LogP contribution in [0.3, 0.4) is 0 Å². The van der Waals surface area contributed by atoms with Gasteiger partial charge in [0.2, 0.25) is 11.1 Å². The van der Waals surface area contributed by atoms with E-state index < -0.39 is 0 Å². The number of benzene rings is 2. The fourth-order valence-corrected chi connectivity index (χ4v) is 2.89. The minimum atomic E-state index is -0.153. The Hall–Kier alpha value is -2.51. The van der Waals surface area contributed by atoms with Gasteiger partial charge in [0.15, 0.2) is 5.82 Å². The number of thioether (sulfide) groups is 1. The van der Waals surface area contributed by atoms with Crippen molar-refractivity contribution in [3.8, 4) is 5.75 Å². The van der Waals surface area contributed by atoms with Gasteiger partial charge in [-0.3, -0.25) is 9.89 Å². The lowest BCUT2D eigenvalue weighted by Crippen LogP contribution is -2.14. The molecule has 6 nitrogen and oxygen atoms in total. The van der Waals surface area contributed by atoms with E-state index in [0.717, 1.165) is 5.75 Å². The average molecular weight is 389 g/mol. The molecule has 3 aromatic rings. The van der Waals surface area contributed by atoms with Gasteiger partial charge in [-0.25, -0.2) is 4.98 Å². The van der Waals surface area contributed by atoms with Crippen LogP contribution in [0.5, 0.6) is 5.75 Å². The van der Waals surface area contributed by atoms with Crippen LogP contribution in [0.1, 0.15) is 11.4 Å². The number of H-pyrrole nitrogens is 1.